The van der Waals surface area contributed by atoms with Crippen molar-refractivity contribution in [2.45, 2.75) is 19.9 Å². The van der Waals surface area contributed by atoms with E-state index in [-0.39, 0.29) is 18.6 Å². The van der Waals surface area contributed by atoms with E-state index in [2.05, 4.69) is 31.2 Å². The zero-order chi connectivity index (χ0) is 10.6. The number of halogens is 1. The first-order chi connectivity index (χ1) is 6.65. The summed E-state index contributed by atoms with van der Waals surface area (Å²) in [5.41, 5.74) is 0. The summed E-state index contributed by atoms with van der Waals surface area (Å²) in [6.07, 6.45) is 3.18. The van der Waals surface area contributed by atoms with Crippen LogP contribution in [0.2, 0.25) is 0 Å². The lowest BCUT2D eigenvalue weighted by molar-refractivity contribution is 0.226. The van der Waals surface area contributed by atoms with Crippen molar-refractivity contribution in [3.8, 4) is 0 Å². The van der Waals surface area contributed by atoms with Crippen LogP contribution in [0.15, 0.2) is 17.0 Å². The van der Waals surface area contributed by atoms with Crippen molar-refractivity contribution in [3.05, 3.63) is 17.0 Å². The quantitative estimate of drug-likeness (QED) is 0.864. The van der Waals surface area contributed by atoms with E-state index in [0.29, 0.717) is 0 Å². The Hall–Kier alpha value is -0.680. The molecule has 2 N–H and O–H groups in total. The maximum atomic E-state index is 8.97. The highest BCUT2D eigenvalue weighted by molar-refractivity contribution is 9.10. The van der Waals surface area contributed by atoms with Gasteiger partial charge in [-0.15, -0.1) is 0 Å². The lowest BCUT2D eigenvalue weighted by Gasteiger charge is -2.20. The molecule has 0 amide bonds. The highest BCUT2D eigenvalue weighted by Crippen LogP contribution is 2.19. The molecule has 0 saturated heterocycles. The van der Waals surface area contributed by atoms with Crippen molar-refractivity contribution in [1.29, 1.82) is 0 Å². The largest absolute Gasteiger partial charge is 0.396 e. The second-order valence-electron chi connectivity index (χ2n) is 3.31. The van der Waals surface area contributed by atoms with Gasteiger partial charge in [-0.2, -0.15) is 0 Å². The molecule has 14 heavy (non-hydrogen) atoms. The van der Waals surface area contributed by atoms with Gasteiger partial charge in [0, 0.05) is 18.8 Å². The Morgan fingerprint density at radius 3 is 2.86 bits per heavy atom. The molecule has 0 aliphatic carbocycles. The fourth-order valence-electron chi connectivity index (χ4n) is 0.935. The zero-order valence-corrected chi connectivity index (χ0v) is 9.82. The van der Waals surface area contributed by atoms with E-state index in [4.69, 9.17) is 5.11 Å². The molecule has 0 fully saturated rings. The number of aliphatic hydroxyl groups excluding tert-OH is 1. The van der Waals surface area contributed by atoms with Crippen LogP contribution in [-0.2, 0) is 0 Å². The van der Waals surface area contributed by atoms with Crippen LogP contribution in [0.1, 0.15) is 13.8 Å². The Labute approximate surface area is 91.9 Å². The van der Waals surface area contributed by atoms with Gasteiger partial charge in [-0.25, -0.2) is 9.97 Å². The molecule has 2 unspecified atom stereocenters. The minimum absolute atomic E-state index is 0.164. The van der Waals surface area contributed by atoms with E-state index < -0.39 is 0 Å². The predicted octanol–water partition coefficient (Wildman–Crippen LogP) is 1.67. The van der Waals surface area contributed by atoms with Gasteiger partial charge in [-0.1, -0.05) is 6.92 Å². The third kappa shape index (κ3) is 2.92. The lowest BCUT2D eigenvalue weighted by Crippen LogP contribution is -2.26. The summed E-state index contributed by atoms with van der Waals surface area (Å²) in [4.78, 5) is 7.95. The standard InChI is InChI=1S/C9H14BrN3O/c1-6(4-14)7(2)13-9-8(10)3-11-5-12-9/h3,5-7,14H,4H2,1-2H3,(H,11,12,13). The average Bonchev–Trinajstić information content (AvgIpc) is 2.20. The van der Waals surface area contributed by atoms with Crippen LogP contribution in [0.25, 0.3) is 0 Å². The van der Waals surface area contributed by atoms with Crippen molar-refractivity contribution < 1.29 is 5.11 Å². The van der Waals surface area contributed by atoms with Crippen molar-refractivity contribution in [3.63, 3.8) is 0 Å². The molecule has 2 atom stereocenters. The highest BCUT2D eigenvalue weighted by atomic mass is 79.9. The molecule has 0 saturated carbocycles. The summed E-state index contributed by atoms with van der Waals surface area (Å²) in [5, 5.41) is 12.2. The summed E-state index contributed by atoms with van der Waals surface area (Å²) in [6.45, 7) is 4.15. The molecule has 0 spiro atoms. The normalized spacial score (nSPS) is 14.9. The number of hydrogen-bond acceptors (Lipinski definition) is 4. The molecule has 1 aromatic rings. The Kier molecular flexibility index (Phi) is 4.28. The maximum absolute atomic E-state index is 8.97. The van der Waals surface area contributed by atoms with Crippen LogP contribution in [-0.4, -0.2) is 27.7 Å². The molecule has 0 aliphatic rings. The molecule has 78 valence electrons. The van der Waals surface area contributed by atoms with E-state index in [9.17, 15) is 0 Å². The van der Waals surface area contributed by atoms with E-state index in [0.717, 1.165) is 10.3 Å². The zero-order valence-electron chi connectivity index (χ0n) is 8.24. The average molecular weight is 260 g/mol. The van der Waals surface area contributed by atoms with Gasteiger partial charge in [-0.05, 0) is 28.8 Å². The summed E-state index contributed by atoms with van der Waals surface area (Å²) < 4.78 is 0.831. The molecule has 0 bridgehead atoms. The van der Waals surface area contributed by atoms with Crippen molar-refractivity contribution >= 4 is 21.7 Å². The van der Waals surface area contributed by atoms with E-state index in [1.165, 1.54) is 6.33 Å². The number of nitrogens with zero attached hydrogens (tertiary/aromatic N) is 2. The molecule has 1 heterocycles. The summed E-state index contributed by atoms with van der Waals surface area (Å²) in [6, 6.07) is 0.172. The molecule has 1 aromatic heterocycles. The molecular formula is C9H14BrN3O. The van der Waals surface area contributed by atoms with Gasteiger partial charge in [0.15, 0.2) is 0 Å². The first-order valence-electron chi connectivity index (χ1n) is 4.48. The molecule has 0 radical (unpaired) electrons. The van der Waals surface area contributed by atoms with Gasteiger partial charge in [0.05, 0.1) is 4.47 Å². The van der Waals surface area contributed by atoms with Crippen LogP contribution in [0.4, 0.5) is 5.82 Å². The Morgan fingerprint density at radius 2 is 2.29 bits per heavy atom. The third-order valence-electron chi connectivity index (χ3n) is 2.17. The fourth-order valence-corrected chi connectivity index (χ4v) is 1.27. The number of anilines is 1. The van der Waals surface area contributed by atoms with Gasteiger partial charge >= 0.3 is 0 Å². The minimum Gasteiger partial charge on any atom is -0.396 e. The van der Waals surface area contributed by atoms with Gasteiger partial charge in [0.25, 0.3) is 0 Å². The predicted molar refractivity (Wildman–Crippen MR) is 59.1 cm³/mol. The Balaban J connectivity index is 2.64. The van der Waals surface area contributed by atoms with Gasteiger partial charge in [-0.3, -0.25) is 0 Å². The second kappa shape index (κ2) is 5.26. The number of aliphatic hydroxyl groups is 1. The minimum atomic E-state index is 0.164. The summed E-state index contributed by atoms with van der Waals surface area (Å²) in [5.74, 6) is 0.949. The number of aromatic nitrogens is 2. The first kappa shape index (κ1) is 11.4. The molecule has 5 heteroatoms. The van der Waals surface area contributed by atoms with Crippen molar-refractivity contribution in [2.75, 3.05) is 11.9 Å². The molecule has 1 rings (SSSR count). The van der Waals surface area contributed by atoms with Crippen LogP contribution in [0.3, 0.4) is 0 Å². The van der Waals surface area contributed by atoms with Crippen molar-refractivity contribution in [1.82, 2.24) is 9.97 Å². The van der Waals surface area contributed by atoms with E-state index in [1.807, 2.05) is 13.8 Å². The number of rotatable bonds is 4. The van der Waals surface area contributed by atoms with Crippen LogP contribution >= 0.6 is 15.9 Å². The Morgan fingerprint density at radius 1 is 1.57 bits per heavy atom. The SMILES string of the molecule is CC(CO)C(C)Nc1ncncc1Br. The summed E-state index contributed by atoms with van der Waals surface area (Å²) in [7, 11) is 0. The van der Waals surface area contributed by atoms with Gasteiger partial charge in [0.1, 0.15) is 12.1 Å². The van der Waals surface area contributed by atoms with Crippen LogP contribution < -0.4 is 5.32 Å². The second-order valence-corrected chi connectivity index (χ2v) is 4.17. The fraction of sp³-hybridized carbons (Fsp3) is 0.556. The highest BCUT2D eigenvalue weighted by Gasteiger charge is 2.12. The molecule has 4 nitrogen and oxygen atoms in total. The van der Waals surface area contributed by atoms with Gasteiger partial charge < -0.3 is 10.4 Å². The molecular weight excluding hydrogens is 246 g/mol. The molecule has 0 aromatic carbocycles. The van der Waals surface area contributed by atoms with Gasteiger partial charge in [0.2, 0.25) is 0 Å². The Bertz CT molecular complexity index is 295. The van der Waals surface area contributed by atoms with Crippen LogP contribution in [0, 0.1) is 5.92 Å². The summed E-state index contributed by atoms with van der Waals surface area (Å²) >= 11 is 3.35. The van der Waals surface area contributed by atoms with E-state index in [1.54, 1.807) is 6.20 Å². The maximum Gasteiger partial charge on any atom is 0.143 e. The first-order valence-corrected chi connectivity index (χ1v) is 5.27. The number of hydrogen-bond donors (Lipinski definition) is 2. The molecule has 0 aliphatic heterocycles. The van der Waals surface area contributed by atoms with Crippen molar-refractivity contribution in [2.24, 2.45) is 5.92 Å². The number of nitrogens with one attached hydrogen (secondary N) is 1. The van der Waals surface area contributed by atoms with E-state index >= 15 is 0 Å². The van der Waals surface area contributed by atoms with Crippen LogP contribution in [0.5, 0.6) is 0 Å². The lowest BCUT2D eigenvalue weighted by atomic mass is 10.1. The smallest absolute Gasteiger partial charge is 0.143 e. The third-order valence-corrected chi connectivity index (χ3v) is 2.75. The topological polar surface area (TPSA) is 58.0 Å². The monoisotopic (exact) mass is 259 g/mol.